The van der Waals surface area contributed by atoms with E-state index in [9.17, 15) is 4.79 Å². The third-order valence-electron chi connectivity index (χ3n) is 3.25. The molecule has 0 aliphatic heterocycles. The van der Waals surface area contributed by atoms with Crippen LogP contribution in [0.3, 0.4) is 0 Å². The first-order chi connectivity index (χ1) is 10.0. The van der Waals surface area contributed by atoms with Crippen LogP contribution in [0.1, 0.15) is 22.3 Å². The van der Waals surface area contributed by atoms with Crippen LogP contribution in [0.25, 0.3) is 0 Å². The van der Waals surface area contributed by atoms with Crippen LogP contribution >= 0.6 is 27.5 Å². The number of ketones is 1. The van der Waals surface area contributed by atoms with Crippen LogP contribution in [-0.4, -0.2) is 24.3 Å². The summed E-state index contributed by atoms with van der Waals surface area (Å²) in [5, 5.41) is 0.652. The van der Waals surface area contributed by atoms with Crippen molar-refractivity contribution in [3.05, 3.63) is 69.2 Å². The number of benzene rings is 2. The van der Waals surface area contributed by atoms with Crippen molar-refractivity contribution in [1.29, 1.82) is 0 Å². The Bertz CT molecular complexity index is 595. The van der Waals surface area contributed by atoms with Crippen molar-refractivity contribution in [1.82, 2.24) is 4.90 Å². The molecule has 0 unspecified atom stereocenters. The van der Waals surface area contributed by atoms with Gasteiger partial charge in [-0.15, -0.1) is 0 Å². The van der Waals surface area contributed by atoms with Gasteiger partial charge in [-0.2, -0.15) is 0 Å². The second-order valence-electron chi connectivity index (χ2n) is 5.04. The lowest BCUT2D eigenvalue weighted by atomic mass is 10.1. The lowest BCUT2D eigenvalue weighted by molar-refractivity contribution is 0.0968. The van der Waals surface area contributed by atoms with E-state index < -0.39 is 0 Å². The Labute approximate surface area is 138 Å². The van der Waals surface area contributed by atoms with Gasteiger partial charge in [0, 0.05) is 34.6 Å². The molecule has 0 aliphatic carbocycles. The van der Waals surface area contributed by atoms with Crippen LogP contribution in [0.4, 0.5) is 0 Å². The summed E-state index contributed by atoms with van der Waals surface area (Å²) < 4.78 is 1.08. The van der Waals surface area contributed by atoms with E-state index in [0.29, 0.717) is 11.4 Å². The summed E-state index contributed by atoms with van der Waals surface area (Å²) >= 11 is 9.25. The topological polar surface area (TPSA) is 20.3 Å². The minimum atomic E-state index is 0.148. The molecule has 0 heterocycles. The van der Waals surface area contributed by atoms with E-state index in [2.05, 4.69) is 33.0 Å². The fraction of sp³-hybridized carbons (Fsp3) is 0.235. The van der Waals surface area contributed by atoms with E-state index in [1.54, 1.807) is 24.3 Å². The van der Waals surface area contributed by atoms with Crippen LogP contribution < -0.4 is 0 Å². The Morgan fingerprint density at radius 2 is 1.71 bits per heavy atom. The minimum absolute atomic E-state index is 0.148. The van der Waals surface area contributed by atoms with Gasteiger partial charge < -0.3 is 4.90 Å². The zero-order valence-corrected chi connectivity index (χ0v) is 14.2. The molecule has 2 nitrogen and oxygen atoms in total. The molecule has 2 aromatic rings. The molecule has 0 saturated carbocycles. The van der Waals surface area contributed by atoms with Gasteiger partial charge in [0.05, 0.1) is 0 Å². The maximum atomic E-state index is 12.1. The lowest BCUT2D eigenvalue weighted by Crippen LogP contribution is -2.21. The molecule has 0 aliphatic rings. The highest BCUT2D eigenvalue weighted by atomic mass is 79.9. The van der Waals surface area contributed by atoms with E-state index in [0.717, 1.165) is 23.1 Å². The number of nitrogens with zero attached hydrogens (tertiary/aromatic N) is 1. The molecular formula is C17H17BrClNO. The Kier molecular flexibility index (Phi) is 5.97. The molecule has 0 spiro atoms. The molecule has 2 aromatic carbocycles. The lowest BCUT2D eigenvalue weighted by Gasteiger charge is -2.16. The maximum absolute atomic E-state index is 12.1. The first kappa shape index (κ1) is 16.2. The molecule has 0 atom stereocenters. The predicted molar refractivity (Wildman–Crippen MR) is 90.9 cm³/mol. The van der Waals surface area contributed by atoms with Gasteiger partial charge in [0.2, 0.25) is 0 Å². The van der Waals surface area contributed by atoms with E-state index in [1.165, 1.54) is 5.56 Å². The first-order valence-electron chi connectivity index (χ1n) is 6.76. The highest BCUT2D eigenvalue weighted by molar-refractivity contribution is 9.10. The van der Waals surface area contributed by atoms with Gasteiger partial charge in [0.1, 0.15) is 0 Å². The molecule has 0 saturated heterocycles. The number of Topliss-reactive ketones (excluding diaryl/α,β-unsaturated/α-hetero) is 1. The zero-order valence-electron chi connectivity index (χ0n) is 11.9. The molecular weight excluding hydrogens is 350 g/mol. The molecule has 0 radical (unpaired) electrons. The summed E-state index contributed by atoms with van der Waals surface area (Å²) in [7, 11) is 2.02. The summed E-state index contributed by atoms with van der Waals surface area (Å²) in [6.45, 7) is 1.57. The number of hydrogen-bond donors (Lipinski definition) is 0. The molecule has 0 fully saturated rings. The SMILES string of the molecule is CN(CCC(=O)c1ccc(Cl)cc1)Cc1ccc(Br)cc1. The van der Waals surface area contributed by atoms with Gasteiger partial charge in [0.25, 0.3) is 0 Å². The zero-order chi connectivity index (χ0) is 15.2. The maximum Gasteiger partial charge on any atom is 0.164 e. The largest absolute Gasteiger partial charge is 0.302 e. The van der Waals surface area contributed by atoms with Gasteiger partial charge >= 0.3 is 0 Å². The van der Waals surface area contributed by atoms with E-state index >= 15 is 0 Å². The van der Waals surface area contributed by atoms with Gasteiger partial charge in [-0.3, -0.25) is 4.79 Å². The number of carbonyl (C=O) groups excluding carboxylic acids is 1. The van der Waals surface area contributed by atoms with Crippen molar-refractivity contribution in [3.63, 3.8) is 0 Å². The molecule has 0 aromatic heterocycles. The predicted octanol–water partition coefficient (Wildman–Crippen LogP) is 4.81. The Hall–Kier alpha value is -1.16. The number of hydrogen-bond acceptors (Lipinski definition) is 2. The van der Waals surface area contributed by atoms with Gasteiger partial charge in [-0.05, 0) is 49.0 Å². The quantitative estimate of drug-likeness (QED) is 0.684. The van der Waals surface area contributed by atoms with Crippen molar-refractivity contribution < 1.29 is 4.79 Å². The van der Waals surface area contributed by atoms with Crippen LogP contribution in [-0.2, 0) is 6.54 Å². The number of halogens is 2. The molecule has 2 rings (SSSR count). The third-order valence-corrected chi connectivity index (χ3v) is 4.03. The van der Waals surface area contributed by atoms with Crippen LogP contribution in [0, 0.1) is 0 Å². The van der Waals surface area contributed by atoms with E-state index in [1.807, 2.05) is 19.2 Å². The van der Waals surface area contributed by atoms with Gasteiger partial charge in [0.15, 0.2) is 5.78 Å². The summed E-state index contributed by atoms with van der Waals surface area (Å²) in [6.07, 6.45) is 0.509. The second kappa shape index (κ2) is 7.74. The smallest absolute Gasteiger partial charge is 0.164 e. The normalized spacial score (nSPS) is 10.9. The van der Waals surface area contributed by atoms with Crippen LogP contribution in [0.2, 0.25) is 5.02 Å². The van der Waals surface area contributed by atoms with Crippen molar-refractivity contribution in [2.24, 2.45) is 0 Å². The molecule has 21 heavy (non-hydrogen) atoms. The van der Waals surface area contributed by atoms with Crippen molar-refractivity contribution in [2.45, 2.75) is 13.0 Å². The summed E-state index contributed by atoms with van der Waals surface area (Å²) in [6, 6.07) is 15.3. The molecule has 0 amide bonds. The number of rotatable bonds is 6. The third kappa shape index (κ3) is 5.27. The van der Waals surface area contributed by atoms with Crippen molar-refractivity contribution in [2.75, 3.05) is 13.6 Å². The second-order valence-corrected chi connectivity index (χ2v) is 6.40. The Morgan fingerprint density at radius 1 is 1.10 bits per heavy atom. The molecule has 110 valence electrons. The number of carbonyl (C=O) groups is 1. The fourth-order valence-corrected chi connectivity index (χ4v) is 2.44. The minimum Gasteiger partial charge on any atom is -0.302 e. The van der Waals surface area contributed by atoms with Gasteiger partial charge in [-0.1, -0.05) is 39.7 Å². The summed E-state index contributed by atoms with van der Waals surface area (Å²) in [4.78, 5) is 14.2. The standard InChI is InChI=1S/C17H17BrClNO/c1-20(12-13-2-6-15(18)7-3-13)11-10-17(21)14-4-8-16(19)9-5-14/h2-9H,10-12H2,1H3. The van der Waals surface area contributed by atoms with Crippen molar-refractivity contribution >= 4 is 33.3 Å². The van der Waals surface area contributed by atoms with Crippen molar-refractivity contribution in [3.8, 4) is 0 Å². The summed E-state index contributed by atoms with van der Waals surface area (Å²) in [5.41, 5.74) is 1.95. The van der Waals surface area contributed by atoms with E-state index in [4.69, 9.17) is 11.6 Å². The summed E-state index contributed by atoms with van der Waals surface area (Å²) in [5.74, 6) is 0.148. The van der Waals surface area contributed by atoms with Gasteiger partial charge in [-0.25, -0.2) is 0 Å². The monoisotopic (exact) mass is 365 g/mol. The highest BCUT2D eigenvalue weighted by Crippen LogP contribution is 2.13. The van der Waals surface area contributed by atoms with E-state index in [-0.39, 0.29) is 5.78 Å². The van der Waals surface area contributed by atoms with Crippen LogP contribution in [0.15, 0.2) is 53.0 Å². The highest BCUT2D eigenvalue weighted by Gasteiger charge is 2.08. The first-order valence-corrected chi connectivity index (χ1v) is 7.93. The Balaban J connectivity index is 1.83. The van der Waals surface area contributed by atoms with Crippen LogP contribution in [0.5, 0.6) is 0 Å². The molecule has 0 N–H and O–H groups in total. The molecule has 0 bridgehead atoms. The average Bonchev–Trinajstić information content (AvgIpc) is 2.48. The molecule has 4 heteroatoms. The average molecular weight is 367 g/mol. The fourth-order valence-electron chi connectivity index (χ4n) is 2.05. The Morgan fingerprint density at radius 3 is 2.33 bits per heavy atom.